The van der Waals surface area contributed by atoms with Gasteiger partial charge >= 0.3 is 10.6 Å². The molecule has 0 saturated heterocycles. The molecule has 4 aromatic rings. The summed E-state index contributed by atoms with van der Waals surface area (Å²) in [6.45, 7) is 1.90. The molecule has 0 spiro atoms. The molecule has 11 nitrogen and oxygen atoms in total. The average molecular weight is 526 g/mol. The zero-order valence-corrected chi connectivity index (χ0v) is 20.3. The van der Waals surface area contributed by atoms with E-state index in [0.29, 0.717) is 22.4 Å². The van der Waals surface area contributed by atoms with Crippen molar-refractivity contribution < 1.29 is 25.6 Å². The highest BCUT2D eigenvalue weighted by Crippen LogP contribution is 2.36. The minimum absolute atomic E-state index is 0.208. The van der Waals surface area contributed by atoms with Gasteiger partial charge in [0.1, 0.15) is 4.90 Å². The lowest BCUT2D eigenvalue weighted by atomic mass is 10.1. The Labute approximate surface area is 207 Å². The van der Waals surface area contributed by atoms with Crippen LogP contribution in [0.15, 0.2) is 104 Å². The van der Waals surface area contributed by atoms with E-state index in [9.17, 15) is 13.0 Å². The van der Waals surface area contributed by atoms with E-state index in [1.165, 1.54) is 18.2 Å². The van der Waals surface area contributed by atoms with E-state index in [4.69, 9.17) is 18.4 Å². The normalized spacial score (nSPS) is 11.5. The molecule has 4 aromatic carbocycles. The van der Waals surface area contributed by atoms with Crippen molar-refractivity contribution in [3.05, 3.63) is 84.4 Å². The molecule has 0 atom stereocenters. The van der Waals surface area contributed by atoms with Gasteiger partial charge in [-0.05, 0) is 61.0 Å². The Morgan fingerprint density at radius 3 is 2.00 bits per heavy atom. The number of fused-ring (bicyclic) bond motifs is 1. The van der Waals surface area contributed by atoms with Crippen LogP contribution < -0.4 is 5.73 Å². The van der Waals surface area contributed by atoms with Crippen LogP contribution in [0.25, 0.3) is 10.8 Å². The van der Waals surface area contributed by atoms with Gasteiger partial charge in [0.25, 0.3) is 10.1 Å². The first-order valence-electron chi connectivity index (χ1n) is 10.1. The maximum Gasteiger partial charge on any atom is 0.425 e. The van der Waals surface area contributed by atoms with Crippen molar-refractivity contribution in [2.24, 2.45) is 20.5 Å². The van der Waals surface area contributed by atoms with Crippen LogP contribution in [0.4, 0.5) is 28.4 Å². The van der Waals surface area contributed by atoms with Crippen LogP contribution >= 0.6 is 0 Å². The standard InChI is InChI=1S/C23H19N5O3S.O3S/c1-15-14-17(10-12-20(15)27-25-16-6-3-2-4-7-16)26-28-21-13-11-19(24)23-18(21)8-5-9-22(23)32(29,30)31;1-4(2)3/h2-14H,24H2,1H3,(H,29,30,31);. The minimum Gasteiger partial charge on any atom is -0.398 e. The Balaban J connectivity index is 0.000000840. The molecule has 36 heavy (non-hydrogen) atoms. The molecule has 13 heteroatoms. The summed E-state index contributed by atoms with van der Waals surface area (Å²) in [4.78, 5) is -0.270. The topological polar surface area (TPSA) is 181 Å². The summed E-state index contributed by atoms with van der Waals surface area (Å²) in [5.74, 6) is 0. The lowest BCUT2D eigenvalue weighted by molar-refractivity contribution is 0.484. The molecule has 184 valence electrons. The zero-order valence-electron chi connectivity index (χ0n) is 18.7. The molecule has 0 aromatic heterocycles. The molecule has 0 amide bonds. The van der Waals surface area contributed by atoms with Crippen molar-refractivity contribution in [3.8, 4) is 0 Å². The third kappa shape index (κ3) is 6.85. The molecule has 4 rings (SSSR count). The zero-order chi connectivity index (χ0) is 26.3. The van der Waals surface area contributed by atoms with Gasteiger partial charge in [-0.3, -0.25) is 4.55 Å². The highest BCUT2D eigenvalue weighted by Gasteiger charge is 2.17. The summed E-state index contributed by atoms with van der Waals surface area (Å²) in [6.07, 6.45) is 0. The van der Waals surface area contributed by atoms with Gasteiger partial charge in [0.2, 0.25) is 0 Å². The third-order valence-electron chi connectivity index (χ3n) is 4.77. The number of benzene rings is 4. The number of rotatable bonds is 5. The van der Waals surface area contributed by atoms with Crippen molar-refractivity contribution >= 4 is 59.9 Å². The lowest BCUT2D eigenvalue weighted by Crippen LogP contribution is -2.01. The Morgan fingerprint density at radius 1 is 0.750 bits per heavy atom. The van der Waals surface area contributed by atoms with Gasteiger partial charge in [0.15, 0.2) is 0 Å². The number of nitrogens with two attached hydrogens (primary N) is 1. The molecular weight excluding hydrogens is 506 g/mol. The molecule has 0 saturated carbocycles. The van der Waals surface area contributed by atoms with Crippen molar-refractivity contribution in [2.45, 2.75) is 11.8 Å². The number of azo groups is 2. The average Bonchev–Trinajstić information content (AvgIpc) is 2.82. The van der Waals surface area contributed by atoms with E-state index >= 15 is 0 Å². The van der Waals surface area contributed by atoms with Crippen molar-refractivity contribution in [1.29, 1.82) is 0 Å². The van der Waals surface area contributed by atoms with E-state index in [1.54, 1.807) is 24.3 Å². The summed E-state index contributed by atoms with van der Waals surface area (Å²) < 4.78 is 58.3. The molecule has 0 unspecified atom stereocenters. The molecule has 3 N–H and O–H groups in total. The minimum atomic E-state index is -4.44. The van der Waals surface area contributed by atoms with Crippen molar-refractivity contribution in [3.63, 3.8) is 0 Å². The Bertz CT molecular complexity index is 1680. The van der Waals surface area contributed by atoms with Gasteiger partial charge in [-0.15, -0.1) is 17.7 Å². The van der Waals surface area contributed by atoms with Gasteiger partial charge in [-0.1, -0.05) is 30.3 Å². The summed E-state index contributed by atoms with van der Waals surface area (Å²) in [6, 6.07) is 22.5. The Kier molecular flexibility index (Phi) is 8.32. The first-order valence-corrected chi connectivity index (χ1v) is 12.5. The molecule has 0 radical (unpaired) electrons. The van der Waals surface area contributed by atoms with E-state index < -0.39 is 20.7 Å². The van der Waals surface area contributed by atoms with Crippen LogP contribution in [0.1, 0.15) is 5.56 Å². The van der Waals surface area contributed by atoms with E-state index in [2.05, 4.69) is 20.5 Å². The van der Waals surface area contributed by atoms with Gasteiger partial charge in [0, 0.05) is 16.5 Å². The lowest BCUT2D eigenvalue weighted by Gasteiger charge is -2.08. The predicted octanol–water partition coefficient (Wildman–Crippen LogP) is 5.80. The number of nitrogen functional groups attached to an aromatic ring is 1. The second-order valence-corrected chi connectivity index (χ2v) is 9.04. The monoisotopic (exact) mass is 525 g/mol. The van der Waals surface area contributed by atoms with E-state index in [0.717, 1.165) is 11.3 Å². The highest BCUT2D eigenvalue weighted by molar-refractivity contribution is 7.86. The molecule has 0 bridgehead atoms. The maximum absolute atomic E-state index is 11.7. The van der Waals surface area contributed by atoms with Gasteiger partial charge < -0.3 is 5.73 Å². The summed E-state index contributed by atoms with van der Waals surface area (Å²) in [5.41, 5.74) is 9.55. The van der Waals surface area contributed by atoms with Crippen LogP contribution in [0, 0.1) is 6.92 Å². The van der Waals surface area contributed by atoms with Gasteiger partial charge in [-0.2, -0.15) is 23.8 Å². The first kappa shape index (κ1) is 26.3. The second kappa shape index (κ2) is 11.4. The molecule has 0 fully saturated rings. The number of anilines is 1. The summed E-state index contributed by atoms with van der Waals surface area (Å²) >= 11 is 0. The Hall–Kier alpha value is -4.33. The second-order valence-electron chi connectivity index (χ2n) is 7.24. The highest BCUT2D eigenvalue weighted by atomic mass is 32.2. The van der Waals surface area contributed by atoms with Crippen LogP contribution in [0.2, 0.25) is 0 Å². The van der Waals surface area contributed by atoms with Crippen LogP contribution in [0.5, 0.6) is 0 Å². The van der Waals surface area contributed by atoms with Gasteiger partial charge in [-0.25, -0.2) is 0 Å². The van der Waals surface area contributed by atoms with E-state index in [-0.39, 0.29) is 16.0 Å². The molecule has 0 aliphatic heterocycles. The largest absolute Gasteiger partial charge is 0.425 e. The molecule has 0 heterocycles. The first-order chi connectivity index (χ1) is 17.1. The smallest absolute Gasteiger partial charge is 0.398 e. The van der Waals surface area contributed by atoms with Crippen LogP contribution in [-0.2, 0) is 20.7 Å². The SMILES string of the molecule is Cc1cc(N=Nc2ccc(N)c3c(S(=O)(=O)O)cccc23)ccc1N=Nc1ccccc1.O=S(=O)=O. The van der Waals surface area contributed by atoms with Crippen molar-refractivity contribution in [2.75, 3.05) is 5.73 Å². The fraction of sp³-hybridized carbons (Fsp3) is 0.0435. The van der Waals surface area contributed by atoms with Crippen LogP contribution in [0.3, 0.4) is 0 Å². The number of aryl methyl sites for hydroxylation is 1. The maximum atomic E-state index is 11.7. The molecule has 0 aliphatic carbocycles. The number of hydrogen-bond acceptors (Lipinski definition) is 10. The quantitative estimate of drug-likeness (QED) is 0.187. The summed E-state index contributed by atoms with van der Waals surface area (Å²) in [5, 5.41) is 17.7. The van der Waals surface area contributed by atoms with Gasteiger partial charge in [0.05, 0.1) is 22.7 Å². The third-order valence-corrected chi connectivity index (χ3v) is 5.67. The van der Waals surface area contributed by atoms with Crippen molar-refractivity contribution in [1.82, 2.24) is 0 Å². The predicted molar refractivity (Wildman–Crippen MR) is 134 cm³/mol. The summed E-state index contributed by atoms with van der Waals surface area (Å²) in [7, 11) is -7.55. The fourth-order valence-electron chi connectivity index (χ4n) is 3.22. The number of hydrogen-bond donors (Lipinski definition) is 2. The number of nitrogens with zero attached hydrogens (tertiary/aromatic N) is 4. The van der Waals surface area contributed by atoms with Crippen LogP contribution in [-0.4, -0.2) is 25.6 Å². The Morgan fingerprint density at radius 2 is 1.36 bits per heavy atom. The molecule has 0 aliphatic rings. The van der Waals surface area contributed by atoms with E-state index in [1.807, 2.05) is 43.3 Å². The fourth-order valence-corrected chi connectivity index (χ4v) is 3.95. The molecular formula is C23H19N5O6S2.